The number of hydrogen-bond donors (Lipinski definition) is 3. The van der Waals surface area contributed by atoms with Gasteiger partial charge in [-0.15, -0.1) is 0 Å². The van der Waals surface area contributed by atoms with Crippen molar-refractivity contribution in [1.82, 2.24) is 0 Å². The summed E-state index contributed by atoms with van der Waals surface area (Å²) >= 11 is 0. The molecule has 3 N–H and O–H groups in total. The number of allylic oxidation sites excluding steroid dienone is 18. The average Bonchev–Trinajstić information content (AvgIpc) is 0.939. The van der Waals surface area contributed by atoms with Crippen LogP contribution >= 0.6 is 15.6 Å². The van der Waals surface area contributed by atoms with Crippen LogP contribution in [-0.2, 0) is 65.4 Å². The van der Waals surface area contributed by atoms with E-state index in [1.165, 1.54) is 64.2 Å². The number of aliphatic hydroxyl groups excluding tert-OH is 1. The summed E-state index contributed by atoms with van der Waals surface area (Å²) in [4.78, 5) is 73.1. The van der Waals surface area contributed by atoms with Crippen molar-refractivity contribution >= 4 is 39.5 Å². The molecule has 0 saturated carbocycles. The molecule has 5 atom stereocenters. The Labute approximate surface area is 632 Å². The van der Waals surface area contributed by atoms with E-state index in [-0.39, 0.29) is 25.7 Å². The zero-order valence-electron chi connectivity index (χ0n) is 65.7. The fourth-order valence-electron chi connectivity index (χ4n) is 11.0. The molecular weight excluding hydrogens is 1350 g/mol. The first-order valence-electron chi connectivity index (χ1n) is 41.1. The van der Waals surface area contributed by atoms with Gasteiger partial charge in [-0.05, 0) is 122 Å². The van der Waals surface area contributed by atoms with E-state index in [4.69, 9.17) is 37.0 Å². The summed E-state index contributed by atoms with van der Waals surface area (Å²) in [6.45, 7) is 4.60. The van der Waals surface area contributed by atoms with Crippen LogP contribution in [0.2, 0.25) is 0 Å². The van der Waals surface area contributed by atoms with Gasteiger partial charge in [-0.1, -0.05) is 310 Å². The molecule has 0 aromatic carbocycles. The summed E-state index contributed by atoms with van der Waals surface area (Å²) in [5, 5.41) is 10.7. The van der Waals surface area contributed by atoms with E-state index in [9.17, 15) is 43.2 Å². The molecule has 0 aliphatic heterocycles. The number of carbonyl (C=O) groups is 4. The topological polar surface area (TPSA) is 237 Å². The second-order valence-corrected chi connectivity index (χ2v) is 30.2. The predicted octanol–water partition coefficient (Wildman–Crippen LogP) is 24.1. The summed E-state index contributed by atoms with van der Waals surface area (Å²) < 4.78 is 68.7. The lowest BCUT2D eigenvalue weighted by molar-refractivity contribution is -0.161. The van der Waals surface area contributed by atoms with E-state index in [2.05, 4.69) is 137 Å². The van der Waals surface area contributed by atoms with Crippen molar-refractivity contribution in [3.8, 4) is 0 Å². The van der Waals surface area contributed by atoms with Crippen molar-refractivity contribution in [1.29, 1.82) is 0 Å². The quantitative estimate of drug-likeness (QED) is 0.0169. The molecule has 0 spiro atoms. The maximum Gasteiger partial charge on any atom is 0.472 e. The van der Waals surface area contributed by atoms with E-state index in [1.54, 1.807) is 0 Å². The van der Waals surface area contributed by atoms with Crippen LogP contribution in [0.5, 0.6) is 0 Å². The molecule has 0 saturated heterocycles. The maximum absolute atomic E-state index is 13.1. The fraction of sp³-hybridized carbons (Fsp3) is 0.741. The minimum Gasteiger partial charge on any atom is -0.462 e. The van der Waals surface area contributed by atoms with E-state index in [1.807, 2.05) is 0 Å². The van der Waals surface area contributed by atoms with Crippen LogP contribution in [-0.4, -0.2) is 96.7 Å². The second-order valence-electron chi connectivity index (χ2n) is 27.3. The summed E-state index contributed by atoms with van der Waals surface area (Å²) in [6.07, 6.45) is 83.4. The number of phosphoric ester groups is 2. The van der Waals surface area contributed by atoms with Crippen LogP contribution in [0, 0.1) is 0 Å². The van der Waals surface area contributed by atoms with Crippen LogP contribution in [0.25, 0.3) is 0 Å². The van der Waals surface area contributed by atoms with Gasteiger partial charge in [0.2, 0.25) is 0 Å². The second kappa shape index (κ2) is 76.9. The van der Waals surface area contributed by atoms with Gasteiger partial charge >= 0.3 is 39.5 Å². The summed E-state index contributed by atoms with van der Waals surface area (Å²) in [7, 11) is -9.96. The molecule has 104 heavy (non-hydrogen) atoms. The third-order valence-electron chi connectivity index (χ3n) is 17.2. The van der Waals surface area contributed by atoms with Crippen LogP contribution in [0.3, 0.4) is 0 Å². The largest absolute Gasteiger partial charge is 0.472 e. The molecule has 0 bridgehead atoms. The van der Waals surface area contributed by atoms with Crippen LogP contribution < -0.4 is 0 Å². The van der Waals surface area contributed by atoms with Crippen molar-refractivity contribution in [2.45, 2.75) is 367 Å². The minimum absolute atomic E-state index is 0.0748. The lowest BCUT2D eigenvalue weighted by Crippen LogP contribution is -2.30. The highest BCUT2D eigenvalue weighted by molar-refractivity contribution is 7.47. The van der Waals surface area contributed by atoms with Gasteiger partial charge in [0.25, 0.3) is 0 Å². The third-order valence-corrected chi connectivity index (χ3v) is 19.1. The normalized spacial score (nSPS) is 14.4. The Morgan fingerprint density at radius 2 is 0.519 bits per heavy atom. The number of ether oxygens (including phenoxy) is 4. The molecule has 17 nitrogen and oxygen atoms in total. The number of phosphoric acid groups is 2. The fourth-order valence-corrected chi connectivity index (χ4v) is 12.6. The van der Waals surface area contributed by atoms with Gasteiger partial charge in [0, 0.05) is 25.7 Å². The summed E-state index contributed by atoms with van der Waals surface area (Å²) in [6, 6.07) is 0. The first-order chi connectivity index (χ1) is 50.7. The zero-order chi connectivity index (χ0) is 76.0. The number of carbonyl (C=O) groups excluding carboxylic acids is 4. The Morgan fingerprint density at radius 1 is 0.279 bits per heavy atom. The van der Waals surface area contributed by atoms with Gasteiger partial charge in [-0.2, -0.15) is 0 Å². The SMILES string of the molecule is CC/C=C\C/C=C\C/C=C\C/C=C\CCCCCCCCC(=O)OCC(COP(=O)(O)OCC(O)COP(=O)(O)OCC(COC(=O)CCCCCCCCC/C=C\C/C=C\C/C=C\CC)OC(=O)CCCCCCCCCCCCCCCCC)OC(=O)CCCCCCC/C=C\C/C=C\CCC. The summed E-state index contributed by atoms with van der Waals surface area (Å²) in [5.74, 6) is -2.20. The molecule has 600 valence electrons. The van der Waals surface area contributed by atoms with Gasteiger partial charge in [0.05, 0.1) is 26.4 Å². The number of rotatable bonds is 77. The third kappa shape index (κ3) is 75.9. The molecule has 0 aliphatic carbocycles. The Balaban J connectivity index is 5.34. The van der Waals surface area contributed by atoms with E-state index in [0.717, 1.165) is 205 Å². The van der Waals surface area contributed by atoms with Crippen LogP contribution in [0.4, 0.5) is 0 Å². The molecule has 0 aromatic rings. The molecule has 0 heterocycles. The number of esters is 4. The lowest BCUT2D eigenvalue weighted by Gasteiger charge is -2.21. The van der Waals surface area contributed by atoms with Crippen molar-refractivity contribution in [3.05, 3.63) is 109 Å². The Morgan fingerprint density at radius 3 is 0.808 bits per heavy atom. The van der Waals surface area contributed by atoms with Crippen LogP contribution in [0.15, 0.2) is 109 Å². The van der Waals surface area contributed by atoms with Gasteiger partial charge < -0.3 is 33.8 Å². The first kappa shape index (κ1) is 99.7. The van der Waals surface area contributed by atoms with E-state index >= 15 is 0 Å². The van der Waals surface area contributed by atoms with Gasteiger partial charge in [-0.25, -0.2) is 9.13 Å². The highest BCUT2D eigenvalue weighted by atomic mass is 31.2. The smallest absolute Gasteiger partial charge is 0.462 e. The Bertz CT molecular complexity index is 2390. The molecule has 0 aromatic heterocycles. The van der Waals surface area contributed by atoms with Crippen molar-refractivity contribution < 1.29 is 80.2 Å². The van der Waals surface area contributed by atoms with Crippen molar-refractivity contribution in [2.75, 3.05) is 39.6 Å². The molecule has 0 aliphatic rings. The lowest BCUT2D eigenvalue weighted by atomic mass is 10.0. The summed E-state index contributed by atoms with van der Waals surface area (Å²) in [5.41, 5.74) is 0. The maximum atomic E-state index is 13.1. The molecular formula is C85H148O17P2. The molecule has 0 rings (SSSR count). The minimum atomic E-state index is -4.98. The van der Waals surface area contributed by atoms with Gasteiger partial charge in [0.15, 0.2) is 12.2 Å². The number of aliphatic hydroxyl groups is 1. The van der Waals surface area contributed by atoms with Crippen molar-refractivity contribution in [2.24, 2.45) is 0 Å². The van der Waals surface area contributed by atoms with Gasteiger partial charge in [0.1, 0.15) is 19.3 Å². The van der Waals surface area contributed by atoms with E-state index < -0.39 is 97.5 Å². The highest BCUT2D eigenvalue weighted by Crippen LogP contribution is 2.45. The zero-order valence-corrected chi connectivity index (χ0v) is 67.5. The molecule has 5 unspecified atom stereocenters. The van der Waals surface area contributed by atoms with E-state index in [0.29, 0.717) is 25.7 Å². The Hall–Kier alpha value is -4.28. The average molecular weight is 1500 g/mol. The predicted molar refractivity (Wildman–Crippen MR) is 427 cm³/mol. The molecule has 19 heteroatoms. The number of unbranched alkanes of at least 4 members (excludes halogenated alkanes) is 33. The highest BCUT2D eigenvalue weighted by Gasteiger charge is 2.30. The molecule has 0 radical (unpaired) electrons. The van der Waals surface area contributed by atoms with Gasteiger partial charge in [-0.3, -0.25) is 37.3 Å². The molecule has 0 fully saturated rings. The standard InChI is InChI=1S/C85H148O17P2/c1-5-9-13-17-21-25-29-33-36-38-39-41-44-47-50-54-58-62-66-70-83(88)95-75-80(101-84(89)71-67-63-59-55-51-45-32-28-24-20-16-12-8-4)77-99-103(91,92)97-73-79(86)74-98-104(93,94)100-78-81(102-85(90)72-68-64-60-56-52-48-42-35-31-27-23-19-15-11-7-3)76-96-82(87)69-65-61-57-53-49-46-43-40-37-34-30-26-22-18-14-10-6-2/h9-10,13-14,16,20-22,25-26,28,32-34,36-37,39,41,79-81,86H,5-8,11-12,15,17-19,23-24,27,29-31,35,38,40,42-78H2,1-4H3,(H,91,92)(H,93,94)/b13-9-,14-10-,20-16-,25-21-,26-22-,32-28-,36-33-,37-34-,41-39-. The Kier molecular flexibility index (Phi) is 73.7. The number of hydrogen-bond acceptors (Lipinski definition) is 15. The van der Waals surface area contributed by atoms with Crippen molar-refractivity contribution in [3.63, 3.8) is 0 Å². The first-order valence-corrected chi connectivity index (χ1v) is 44.1. The van der Waals surface area contributed by atoms with Crippen LogP contribution in [0.1, 0.15) is 349 Å². The molecule has 0 amide bonds. The monoisotopic (exact) mass is 1500 g/mol.